The van der Waals surface area contributed by atoms with Crippen LogP contribution in [0.3, 0.4) is 0 Å². The van der Waals surface area contributed by atoms with E-state index in [-0.39, 0.29) is 41.3 Å². The minimum atomic E-state index is -0.180. The van der Waals surface area contributed by atoms with Crippen molar-refractivity contribution in [3.8, 4) is 0 Å². The molecular formula is C21H36FIN4O. The molecule has 1 unspecified atom stereocenters. The molecule has 1 saturated heterocycles. The van der Waals surface area contributed by atoms with Crippen molar-refractivity contribution in [1.29, 1.82) is 0 Å². The monoisotopic (exact) mass is 506 g/mol. The highest BCUT2D eigenvalue weighted by Gasteiger charge is 2.25. The Morgan fingerprint density at radius 2 is 2.00 bits per heavy atom. The second-order valence-electron chi connectivity index (χ2n) is 8.20. The lowest BCUT2D eigenvalue weighted by Gasteiger charge is -2.34. The van der Waals surface area contributed by atoms with E-state index in [0.717, 1.165) is 44.1 Å². The number of hydrogen-bond donors (Lipinski definition) is 2. The second-order valence-corrected chi connectivity index (χ2v) is 8.20. The van der Waals surface area contributed by atoms with Gasteiger partial charge in [-0.05, 0) is 43.4 Å². The summed E-state index contributed by atoms with van der Waals surface area (Å²) in [6.45, 7) is 11.8. The number of piperidine rings is 1. The van der Waals surface area contributed by atoms with Crippen molar-refractivity contribution in [2.45, 2.75) is 52.7 Å². The van der Waals surface area contributed by atoms with Gasteiger partial charge in [0, 0.05) is 38.5 Å². The van der Waals surface area contributed by atoms with Crippen molar-refractivity contribution >= 4 is 35.6 Å². The van der Waals surface area contributed by atoms with Gasteiger partial charge in [-0.3, -0.25) is 4.99 Å². The van der Waals surface area contributed by atoms with Gasteiger partial charge in [-0.1, -0.05) is 26.8 Å². The molecule has 1 aromatic rings. The molecule has 1 aromatic carbocycles. The Morgan fingerprint density at radius 1 is 1.32 bits per heavy atom. The number of nitrogens with one attached hydrogen (secondary N) is 2. The van der Waals surface area contributed by atoms with Gasteiger partial charge in [-0.2, -0.15) is 0 Å². The summed E-state index contributed by atoms with van der Waals surface area (Å²) >= 11 is 0. The Kier molecular flexibility index (Phi) is 10.5. The number of nitrogens with zero attached hydrogens (tertiary/aromatic N) is 2. The Hall–Kier alpha value is -1.09. The van der Waals surface area contributed by atoms with E-state index in [1.54, 1.807) is 19.2 Å². The van der Waals surface area contributed by atoms with E-state index in [1.165, 1.54) is 6.07 Å². The van der Waals surface area contributed by atoms with E-state index in [0.29, 0.717) is 12.6 Å². The van der Waals surface area contributed by atoms with Crippen LogP contribution in [0, 0.1) is 11.2 Å². The summed E-state index contributed by atoms with van der Waals surface area (Å²) in [5, 5.41) is 6.89. The van der Waals surface area contributed by atoms with E-state index in [1.807, 2.05) is 6.07 Å². The zero-order valence-corrected chi connectivity index (χ0v) is 20.1. The summed E-state index contributed by atoms with van der Waals surface area (Å²) in [4.78, 5) is 6.98. The number of ether oxygens (including phenoxy) is 1. The van der Waals surface area contributed by atoms with Gasteiger partial charge in [-0.15, -0.1) is 24.0 Å². The van der Waals surface area contributed by atoms with E-state index in [2.05, 4.69) is 43.2 Å². The first-order valence-electron chi connectivity index (χ1n) is 9.91. The van der Waals surface area contributed by atoms with Crippen LogP contribution in [0.4, 0.5) is 10.1 Å². The van der Waals surface area contributed by atoms with Crippen LogP contribution >= 0.6 is 24.0 Å². The first kappa shape index (κ1) is 24.9. The summed E-state index contributed by atoms with van der Waals surface area (Å²) < 4.78 is 19.1. The van der Waals surface area contributed by atoms with Gasteiger partial charge < -0.3 is 20.3 Å². The van der Waals surface area contributed by atoms with E-state index in [9.17, 15) is 4.39 Å². The molecule has 0 spiro atoms. The number of rotatable bonds is 6. The molecule has 5 nitrogen and oxygen atoms in total. The first-order valence-corrected chi connectivity index (χ1v) is 9.91. The van der Waals surface area contributed by atoms with Gasteiger partial charge in [0.2, 0.25) is 0 Å². The zero-order valence-electron chi connectivity index (χ0n) is 17.8. The molecule has 1 heterocycles. The highest BCUT2D eigenvalue weighted by molar-refractivity contribution is 14.0. The third-order valence-electron chi connectivity index (χ3n) is 5.02. The number of aliphatic imine (C=N–C) groups is 1. The van der Waals surface area contributed by atoms with Gasteiger partial charge in [0.05, 0.1) is 12.6 Å². The van der Waals surface area contributed by atoms with E-state index >= 15 is 0 Å². The quantitative estimate of drug-likeness (QED) is 0.348. The predicted octanol–water partition coefficient (Wildman–Crippen LogP) is 4.03. The summed E-state index contributed by atoms with van der Waals surface area (Å²) in [6.07, 6.45) is 2.06. The minimum absolute atomic E-state index is 0. The van der Waals surface area contributed by atoms with Gasteiger partial charge >= 0.3 is 0 Å². The highest BCUT2D eigenvalue weighted by Crippen LogP contribution is 2.22. The topological polar surface area (TPSA) is 48.9 Å². The van der Waals surface area contributed by atoms with Crippen LogP contribution in [-0.2, 0) is 4.74 Å². The summed E-state index contributed by atoms with van der Waals surface area (Å²) in [5.74, 6) is 0.661. The average Bonchev–Trinajstić information content (AvgIpc) is 2.62. The van der Waals surface area contributed by atoms with Gasteiger partial charge in [0.15, 0.2) is 5.96 Å². The standard InChI is InChI=1S/C21H35FN4O.HI/c1-6-23-20(24-15-19(27-5)21(2,3)4)25-17-10-12-26(13-11-17)18-9-7-8-16(22)14-18;/h7-9,14,17,19H,6,10-13,15H2,1-5H3,(H2,23,24,25);1H. The van der Waals surface area contributed by atoms with Crippen molar-refractivity contribution in [2.24, 2.45) is 10.4 Å². The normalized spacial score (nSPS) is 17.1. The van der Waals surface area contributed by atoms with Crippen LogP contribution in [0.15, 0.2) is 29.3 Å². The summed E-state index contributed by atoms with van der Waals surface area (Å²) in [6, 6.07) is 7.20. The minimum Gasteiger partial charge on any atom is -0.379 e. The van der Waals surface area contributed by atoms with Crippen LogP contribution in [0.1, 0.15) is 40.5 Å². The Morgan fingerprint density at radius 3 is 2.54 bits per heavy atom. The third kappa shape index (κ3) is 7.73. The van der Waals surface area contributed by atoms with Crippen molar-refractivity contribution in [3.05, 3.63) is 30.1 Å². The predicted molar refractivity (Wildman–Crippen MR) is 126 cm³/mol. The van der Waals surface area contributed by atoms with E-state index < -0.39 is 0 Å². The highest BCUT2D eigenvalue weighted by atomic mass is 127. The maximum Gasteiger partial charge on any atom is 0.191 e. The number of benzene rings is 1. The summed E-state index contributed by atoms with van der Waals surface area (Å²) in [5.41, 5.74) is 1.01. The zero-order chi connectivity index (χ0) is 19.9. The molecule has 0 aromatic heterocycles. The molecule has 160 valence electrons. The van der Waals surface area contributed by atoms with Crippen molar-refractivity contribution in [1.82, 2.24) is 10.6 Å². The van der Waals surface area contributed by atoms with Gasteiger partial charge in [0.1, 0.15) is 5.82 Å². The Labute approximate surface area is 186 Å². The number of anilines is 1. The van der Waals surface area contributed by atoms with Crippen LogP contribution in [-0.4, -0.2) is 51.4 Å². The van der Waals surface area contributed by atoms with Crippen molar-refractivity contribution in [2.75, 3.05) is 38.2 Å². The first-order chi connectivity index (χ1) is 12.8. The van der Waals surface area contributed by atoms with Crippen LogP contribution < -0.4 is 15.5 Å². The maximum atomic E-state index is 13.4. The number of methoxy groups -OCH3 is 1. The lowest BCUT2D eigenvalue weighted by Crippen LogP contribution is -2.49. The maximum absolute atomic E-state index is 13.4. The van der Waals surface area contributed by atoms with Crippen LogP contribution in [0.5, 0.6) is 0 Å². The second kappa shape index (κ2) is 11.8. The molecule has 7 heteroatoms. The lowest BCUT2D eigenvalue weighted by molar-refractivity contribution is 0.0241. The Bertz CT molecular complexity index is 613. The van der Waals surface area contributed by atoms with E-state index in [4.69, 9.17) is 9.73 Å². The fraction of sp³-hybridized carbons (Fsp3) is 0.667. The molecule has 2 rings (SSSR count). The average molecular weight is 506 g/mol. The molecule has 0 amide bonds. The number of halogens is 2. The molecular weight excluding hydrogens is 470 g/mol. The molecule has 1 atom stereocenters. The Balaban J connectivity index is 0.00000392. The third-order valence-corrected chi connectivity index (χ3v) is 5.02. The fourth-order valence-electron chi connectivity index (χ4n) is 3.34. The molecule has 0 radical (unpaired) electrons. The van der Waals surface area contributed by atoms with Crippen molar-refractivity contribution in [3.63, 3.8) is 0 Å². The van der Waals surface area contributed by atoms with Crippen molar-refractivity contribution < 1.29 is 9.13 Å². The largest absolute Gasteiger partial charge is 0.379 e. The SMILES string of the molecule is CCNC(=NCC(OC)C(C)(C)C)NC1CCN(c2cccc(F)c2)CC1.I. The summed E-state index contributed by atoms with van der Waals surface area (Å²) in [7, 11) is 1.74. The van der Waals surface area contributed by atoms with Crippen LogP contribution in [0.25, 0.3) is 0 Å². The molecule has 1 fully saturated rings. The molecule has 2 N–H and O–H groups in total. The molecule has 0 bridgehead atoms. The number of guanidine groups is 1. The fourth-order valence-corrected chi connectivity index (χ4v) is 3.34. The van der Waals surface area contributed by atoms with Gasteiger partial charge in [-0.25, -0.2) is 4.39 Å². The molecule has 0 aliphatic carbocycles. The van der Waals surface area contributed by atoms with Gasteiger partial charge in [0.25, 0.3) is 0 Å². The molecule has 28 heavy (non-hydrogen) atoms. The molecule has 1 aliphatic rings. The molecule has 1 aliphatic heterocycles. The smallest absolute Gasteiger partial charge is 0.191 e. The molecule has 0 saturated carbocycles. The lowest BCUT2D eigenvalue weighted by atomic mass is 9.89. The van der Waals surface area contributed by atoms with Crippen LogP contribution in [0.2, 0.25) is 0 Å². The number of hydrogen-bond acceptors (Lipinski definition) is 3.